The summed E-state index contributed by atoms with van der Waals surface area (Å²) < 4.78 is 5.23. The second-order valence-corrected chi connectivity index (χ2v) is 7.31. The van der Waals surface area contributed by atoms with E-state index in [4.69, 9.17) is 4.52 Å². The minimum Gasteiger partial charge on any atom is -0.355 e. The topological polar surface area (TPSA) is 67.5 Å². The van der Waals surface area contributed by atoms with E-state index >= 15 is 0 Å². The van der Waals surface area contributed by atoms with Crippen LogP contribution < -0.4 is 5.32 Å². The smallest absolute Gasteiger partial charge is 0.263 e. The quantitative estimate of drug-likeness (QED) is 0.468. The Balaban J connectivity index is 1.79. The van der Waals surface area contributed by atoms with Gasteiger partial charge in [0.15, 0.2) is 5.76 Å². The van der Waals surface area contributed by atoms with E-state index < -0.39 is 0 Å². The SMILES string of the molecule is C=N/C=C(\SC)C(=O)Nc1ccc(-c2sc(-c3ccno3)cc2C)cc1. The molecule has 1 N–H and O–H groups in total. The molecule has 0 saturated heterocycles. The minimum atomic E-state index is -0.197. The lowest BCUT2D eigenvalue weighted by Crippen LogP contribution is -2.12. The summed E-state index contributed by atoms with van der Waals surface area (Å²) in [5.74, 6) is 0.568. The molecule has 1 aromatic carbocycles. The van der Waals surface area contributed by atoms with E-state index in [1.165, 1.54) is 23.5 Å². The van der Waals surface area contributed by atoms with Crippen molar-refractivity contribution in [3.63, 3.8) is 0 Å². The van der Waals surface area contributed by atoms with Gasteiger partial charge >= 0.3 is 0 Å². The van der Waals surface area contributed by atoms with Crippen molar-refractivity contribution in [3.8, 4) is 21.1 Å². The molecule has 5 nitrogen and oxygen atoms in total. The summed E-state index contributed by atoms with van der Waals surface area (Å²) in [6.45, 7) is 5.45. The normalized spacial score (nSPS) is 11.4. The van der Waals surface area contributed by atoms with Gasteiger partial charge in [0.1, 0.15) is 0 Å². The number of carbonyl (C=O) groups is 1. The van der Waals surface area contributed by atoms with Gasteiger partial charge in [-0.3, -0.25) is 9.79 Å². The number of nitrogens with one attached hydrogen (secondary N) is 1. The van der Waals surface area contributed by atoms with Gasteiger partial charge in [-0.05, 0) is 49.2 Å². The maximum absolute atomic E-state index is 12.2. The molecule has 2 heterocycles. The third-order valence-electron chi connectivity index (χ3n) is 3.66. The first-order valence-corrected chi connectivity index (χ1v) is 9.79. The molecule has 1 amide bonds. The van der Waals surface area contributed by atoms with Gasteiger partial charge in [-0.1, -0.05) is 17.3 Å². The number of hydrogen-bond acceptors (Lipinski definition) is 6. The predicted octanol–water partition coefficient (Wildman–Crippen LogP) is 5.22. The molecule has 2 aromatic heterocycles. The molecule has 0 aliphatic carbocycles. The summed E-state index contributed by atoms with van der Waals surface area (Å²) in [5, 5.41) is 6.62. The number of benzene rings is 1. The highest BCUT2D eigenvalue weighted by molar-refractivity contribution is 8.03. The average Bonchev–Trinajstić information content (AvgIpc) is 3.30. The van der Waals surface area contributed by atoms with Gasteiger partial charge in [-0.25, -0.2) is 0 Å². The van der Waals surface area contributed by atoms with E-state index in [1.807, 2.05) is 36.6 Å². The number of thioether (sulfide) groups is 1. The average molecular weight is 383 g/mol. The van der Waals surface area contributed by atoms with Crippen molar-refractivity contribution in [1.82, 2.24) is 5.16 Å². The number of aryl methyl sites for hydroxylation is 1. The van der Waals surface area contributed by atoms with E-state index in [0.29, 0.717) is 4.91 Å². The van der Waals surface area contributed by atoms with Gasteiger partial charge in [0.25, 0.3) is 5.91 Å². The van der Waals surface area contributed by atoms with Crippen LogP contribution in [0.1, 0.15) is 5.56 Å². The molecular formula is C19H17N3O2S2. The molecule has 0 bridgehead atoms. The van der Waals surface area contributed by atoms with Crippen LogP contribution in [0.15, 0.2) is 63.2 Å². The van der Waals surface area contributed by atoms with Crippen molar-refractivity contribution in [2.75, 3.05) is 11.6 Å². The number of nitrogens with zero attached hydrogens (tertiary/aromatic N) is 2. The Morgan fingerprint density at radius 1 is 1.35 bits per heavy atom. The van der Waals surface area contributed by atoms with Gasteiger partial charge < -0.3 is 9.84 Å². The van der Waals surface area contributed by atoms with Crippen LogP contribution in [-0.2, 0) is 4.79 Å². The third-order valence-corrected chi connectivity index (χ3v) is 5.69. The maximum atomic E-state index is 12.2. The van der Waals surface area contributed by atoms with E-state index in [1.54, 1.807) is 17.5 Å². The Morgan fingerprint density at radius 3 is 2.73 bits per heavy atom. The fourth-order valence-corrected chi connectivity index (χ4v) is 3.97. The summed E-state index contributed by atoms with van der Waals surface area (Å²) >= 11 is 2.98. The summed E-state index contributed by atoms with van der Waals surface area (Å²) in [6, 6.07) is 11.7. The first-order chi connectivity index (χ1) is 12.6. The van der Waals surface area contributed by atoms with Crippen LogP contribution >= 0.6 is 23.1 Å². The molecular weight excluding hydrogens is 366 g/mol. The number of hydrogen-bond donors (Lipinski definition) is 1. The van der Waals surface area contributed by atoms with Crippen LogP contribution in [0.25, 0.3) is 21.1 Å². The zero-order chi connectivity index (χ0) is 18.5. The fourth-order valence-electron chi connectivity index (χ4n) is 2.42. The Morgan fingerprint density at radius 2 is 2.12 bits per heavy atom. The van der Waals surface area contributed by atoms with Gasteiger partial charge in [0.2, 0.25) is 0 Å². The van der Waals surface area contributed by atoms with Crippen LogP contribution in [0, 0.1) is 6.92 Å². The number of amides is 1. The highest BCUT2D eigenvalue weighted by Crippen LogP contribution is 2.38. The van der Waals surface area contributed by atoms with Crippen molar-refractivity contribution < 1.29 is 9.32 Å². The van der Waals surface area contributed by atoms with Crippen LogP contribution in [0.2, 0.25) is 0 Å². The lowest BCUT2D eigenvalue weighted by molar-refractivity contribution is -0.112. The summed E-state index contributed by atoms with van der Waals surface area (Å²) in [7, 11) is 0. The van der Waals surface area contributed by atoms with Gasteiger partial charge in [-0.15, -0.1) is 23.1 Å². The van der Waals surface area contributed by atoms with Crippen molar-refractivity contribution in [2.24, 2.45) is 4.99 Å². The van der Waals surface area contributed by atoms with Crippen molar-refractivity contribution >= 4 is 41.4 Å². The van der Waals surface area contributed by atoms with Gasteiger partial charge in [0.05, 0.1) is 16.0 Å². The molecule has 0 unspecified atom stereocenters. The van der Waals surface area contributed by atoms with E-state index in [-0.39, 0.29) is 5.91 Å². The third kappa shape index (κ3) is 3.95. The highest BCUT2D eigenvalue weighted by Gasteiger charge is 2.13. The molecule has 3 aromatic rings. The molecule has 132 valence electrons. The van der Waals surface area contributed by atoms with Crippen LogP contribution in [0.5, 0.6) is 0 Å². The van der Waals surface area contributed by atoms with Crippen molar-refractivity contribution in [1.29, 1.82) is 0 Å². The Bertz CT molecular complexity index is 942. The molecule has 0 aliphatic rings. The molecule has 0 saturated carbocycles. The zero-order valence-corrected chi connectivity index (χ0v) is 16.0. The molecule has 26 heavy (non-hydrogen) atoms. The van der Waals surface area contributed by atoms with E-state index in [2.05, 4.69) is 35.2 Å². The van der Waals surface area contributed by atoms with Gasteiger partial charge in [-0.2, -0.15) is 0 Å². The number of carbonyl (C=O) groups excluding carboxylic acids is 1. The Hall–Kier alpha value is -2.64. The number of aromatic nitrogens is 1. The number of anilines is 1. The molecule has 7 heteroatoms. The van der Waals surface area contributed by atoms with E-state index in [9.17, 15) is 4.79 Å². The molecule has 3 rings (SSSR count). The predicted molar refractivity (Wildman–Crippen MR) is 110 cm³/mol. The number of rotatable bonds is 6. The molecule has 0 spiro atoms. The van der Waals surface area contributed by atoms with Gasteiger partial charge in [0, 0.05) is 22.8 Å². The first-order valence-electron chi connectivity index (χ1n) is 7.75. The standard InChI is InChI=1S/C19H17N3O2S2/c1-12-10-16(15-8-9-21-24-15)26-18(12)13-4-6-14(7-5-13)22-19(23)17(25-3)11-20-2/h4-11H,2H2,1,3H3,(H,22,23)/b17-11-. The lowest BCUT2D eigenvalue weighted by atomic mass is 10.1. The Labute approximate surface area is 159 Å². The lowest BCUT2D eigenvalue weighted by Gasteiger charge is -2.07. The maximum Gasteiger partial charge on any atom is 0.263 e. The molecule has 0 aliphatic heterocycles. The van der Waals surface area contributed by atoms with Crippen molar-refractivity contribution in [2.45, 2.75) is 6.92 Å². The molecule has 0 radical (unpaired) electrons. The second-order valence-electron chi connectivity index (χ2n) is 5.41. The van der Waals surface area contributed by atoms with Crippen molar-refractivity contribution in [3.05, 3.63) is 59.3 Å². The minimum absolute atomic E-state index is 0.197. The second kappa shape index (κ2) is 8.16. The van der Waals surface area contributed by atoms with E-state index in [0.717, 1.165) is 26.8 Å². The van der Waals surface area contributed by atoms with Crippen LogP contribution in [-0.4, -0.2) is 24.0 Å². The first kappa shape index (κ1) is 18.2. The molecule has 0 fully saturated rings. The fraction of sp³-hybridized carbons (Fsp3) is 0.105. The monoisotopic (exact) mass is 383 g/mol. The molecule has 0 atom stereocenters. The highest BCUT2D eigenvalue weighted by atomic mass is 32.2. The number of aliphatic imine (C=N–C) groups is 1. The summed E-state index contributed by atoms with van der Waals surface area (Å²) in [4.78, 5) is 18.5. The zero-order valence-electron chi connectivity index (χ0n) is 14.4. The van der Waals surface area contributed by atoms with Crippen LogP contribution in [0.4, 0.5) is 5.69 Å². The number of thiophene rings is 1. The van der Waals surface area contributed by atoms with Crippen LogP contribution in [0.3, 0.4) is 0 Å². The largest absolute Gasteiger partial charge is 0.355 e. The summed E-state index contributed by atoms with van der Waals surface area (Å²) in [6.07, 6.45) is 4.92. The summed E-state index contributed by atoms with van der Waals surface area (Å²) in [5.41, 5.74) is 2.99. The Kier molecular flexibility index (Phi) is 5.70.